The molecule has 0 unspecified atom stereocenters. The fourth-order valence-electron chi connectivity index (χ4n) is 3.04. The van der Waals surface area contributed by atoms with E-state index in [0.717, 1.165) is 12.8 Å². The molecule has 98 valence electrons. The van der Waals surface area contributed by atoms with Gasteiger partial charge in [-0.1, -0.05) is 52.2 Å². The minimum Gasteiger partial charge on any atom is -0.303 e. The van der Waals surface area contributed by atoms with Gasteiger partial charge in [0.1, 0.15) is 6.29 Å². The smallest absolute Gasteiger partial charge is 0.123 e. The van der Waals surface area contributed by atoms with E-state index in [0.29, 0.717) is 5.92 Å². The summed E-state index contributed by atoms with van der Waals surface area (Å²) in [5.41, 5.74) is 1.54. The number of aldehydes is 1. The van der Waals surface area contributed by atoms with E-state index in [-0.39, 0.29) is 11.3 Å². The molecule has 0 heterocycles. The van der Waals surface area contributed by atoms with Gasteiger partial charge in [-0.05, 0) is 37.0 Å². The number of carbonyl (C=O) groups is 1. The molecule has 0 aromatic heterocycles. The first-order valence-electron chi connectivity index (χ1n) is 7.04. The average molecular weight is 236 g/mol. The molecule has 0 aliphatic heterocycles. The summed E-state index contributed by atoms with van der Waals surface area (Å²) in [4.78, 5) is 11.3. The van der Waals surface area contributed by atoms with Crippen LogP contribution in [0.1, 0.15) is 65.7 Å². The van der Waals surface area contributed by atoms with Crippen molar-refractivity contribution in [2.24, 2.45) is 17.3 Å². The molecule has 0 N–H and O–H groups in total. The third-order valence-corrected chi connectivity index (χ3v) is 3.73. The van der Waals surface area contributed by atoms with Crippen molar-refractivity contribution < 1.29 is 4.79 Å². The molecule has 1 aliphatic carbocycles. The van der Waals surface area contributed by atoms with E-state index in [1.54, 1.807) is 0 Å². The van der Waals surface area contributed by atoms with Crippen LogP contribution in [-0.2, 0) is 4.79 Å². The van der Waals surface area contributed by atoms with Crippen LogP contribution in [0.25, 0.3) is 0 Å². The Morgan fingerprint density at radius 3 is 2.35 bits per heavy atom. The van der Waals surface area contributed by atoms with E-state index >= 15 is 0 Å². The molecule has 0 spiro atoms. The Kier molecular flexibility index (Phi) is 5.42. The van der Waals surface area contributed by atoms with E-state index in [9.17, 15) is 4.79 Å². The lowest BCUT2D eigenvalue weighted by Crippen LogP contribution is -2.20. The zero-order valence-corrected chi connectivity index (χ0v) is 11.8. The number of hydrogen-bond donors (Lipinski definition) is 0. The van der Waals surface area contributed by atoms with E-state index in [4.69, 9.17) is 0 Å². The van der Waals surface area contributed by atoms with E-state index in [2.05, 4.69) is 27.4 Å². The molecule has 1 heteroatoms. The third-order valence-electron chi connectivity index (χ3n) is 3.73. The molecule has 1 nitrogen and oxygen atoms in total. The molecule has 1 saturated carbocycles. The van der Waals surface area contributed by atoms with Crippen molar-refractivity contribution in [2.45, 2.75) is 65.7 Å². The highest BCUT2D eigenvalue weighted by atomic mass is 16.1. The van der Waals surface area contributed by atoms with Gasteiger partial charge in [0.05, 0.1) is 0 Å². The van der Waals surface area contributed by atoms with Crippen molar-refractivity contribution in [3.05, 3.63) is 12.2 Å². The molecule has 0 amide bonds. The molecular formula is C16H28O. The number of rotatable bonds is 5. The third kappa shape index (κ3) is 5.52. The lowest BCUT2D eigenvalue weighted by molar-refractivity contribution is -0.112. The topological polar surface area (TPSA) is 17.1 Å². The molecule has 1 rings (SSSR count). The second-order valence-electron chi connectivity index (χ2n) is 6.89. The maximum atomic E-state index is 11.3. The maximum Gasteiger partial charge on any atom is 0.123 e. The first-order valence-corrected chi connectivity index (χ1v) is 7.04. The molecule has 0 aromatic carbocycles. The van der Waals surface area contributed by atoms with Gasteiger partial charge >= 0.3 is 0 Å². The van der Waals surface area contributed by atoms with Crippen LogP contribution in [0.15, 0.2) is 12.2 Å². The molecule has 0 radical (unpaired) electrons. The monoisotopic (exact) mass is 236 g/mol. The number of hydrogen-bond acceptors (Lipinski definition) is 1. The lowest BCUT2D eigenvalue weighted by atomic mass is 9.76. The van der Waals surface area contributed by atoms with Crippen molar-refractivity contribution in [3.8, 4) is 0 Å². The maximum absolute atomic E-state index is 11.3. The van der Waals surface area contributed by atoms with Gasteiger partial charge in [-0.25, -0.2) is 0 Å². The fourth-order valence-corrected chi connectivity index (χ4v) is 3.04. The van der Waals surface area contributed by atoms with Crippen molar-refractivity contribution >= 4 is 6.29 Å². The summed E-state index contributed by atoms with van der Waals surface area (Å²) in [5, 5.41) is 0. The van der Waals surface area contributed by atoms with Crippen LogP contribution in [0, 0.1) is 17.3 Å². The zero-order valence-electron chi connectivity index (χ0n) is 11.8. The standard InChI is InChI=1S/C16H28O/c1-13(11-16(2,3)4)10-15(12-17)14-8-6-5-7-9-14/h12,14-15H,1,5-11H2,2-4H3/t15-/m1/s1. The highest BCUT2D eigenvalue weighted by Crippen LogP contribution is 2.34. The SMILES string of the molecule is C=C(C[C@H](C=O)C1CCCCC1)CC(C)(C)C. The van der Waals surface area contributed by atoms with Crippen molar-refractivity contribution in [1.29, 1.82) is 0 Å². The predicted octanol–water partition coefficient (Wildman–Crippen LogP) is 4.76. The van der Waals surface area contributed by atoms with Gasteiger partial charge < -0.3 is 4.79 Å². The van der Waals surface area contributed by atoms with Crippen LogP contribution in [0.2, 0.25) is 0 Å². The normalized spacial score (nSPS) is 19.9. The molecule has 1 aliphatic rings. The quantitative estimate of drug-likeness (QED) is 0.496. The molecule has 1 atom stereocenters. The lowest BCUT2D eigenvalue weighted by Gasteiger charge is -2.28. The predicted molar refractivity (Wildman–Crippen MR) is 74.0 cm³/mol. The molecule has 0 aromatic rings. The molecule has 1 fully saturated rings. The summed E-state index contributed by atoms with van der Waals surface area (Å²) in [7, 11) is 0. The highest BCUT2D eigenvalue weighted by Gasteiger charge is 2.24. The number of carbonyl (C=O) groups excluding carboxylic acids is 1. The largest absolute Gasteiger partial charge is 0.303 e. The summed E-state index contributed by atoms with van der Waals surface area (Å²) in [5.74, 6) is 0.850. The summed E-state index contributed by atoms with van der Waals surface area (Å²) < 4.78 is 0. The zero-order chi connectivity index (χ0) is 12.9. The van der Waals surface area contributed by atoms with Crippen LogP contribution >= 0.6 is 0 Å². The average Bonchev–Trinajstić information content (AvgIpc) is 2.24. The van der Waals surface area contributed by atoms with E-state index in [1.165, 1.54) is 44.0 Å². The van der Waals surface area contributed by atoms with Crippen molar-refractivity contribution in [3.63, 3.8) is 0 Å². The second-order valence-corrected chi connectivity index (χ2v) is 6.89. The van der Waals surface area contributed by atoms with Crippen LogP contribution in [0.3, 0.4) is 0 Å². The summed E-state index contributed by atoms with van der Waals surface area (Å²) in [6, 6.07) is 0. The Labute approximate surface area is 107 Å². The van der Waals surface area contributed by atoms with Crippen LogP contribution in [-0.4, -0.2) is 6.29 Å². The van der Waals surface area contributed by atoms with Gasteiger partial charge in [-0.15, -0.1) is 0 Å². The van der Waals surface area contributed by atoms with Gasteiger partial charge in [0, 0.05) is 5.92 Å². The van der Waals surface area contributed by atoms with Gasteiger partial charge in [0.25, 0.3) is 0 Å². The van der Waals surface area contributed by atoms with Gasteiger partial charge in [-0.2, -0.15) is 0 Å². The minimum atomic E-state index is 0.227. The number of allylic oxidation sites excluding steroid dienone is 1. The van der Waals surface area contributed by atoms with E-state index < -0.39 is 0 Å². The summed E-state index contributed by atoms with van der Waals surface area (Å²) in [6.45, 7) is 10.9. The Morgan fingerprint density at radius 2 is 1.88 bits per heavy atom. The first kappa shape index (κ1) is 14.5. The first-order chi connectivity index (χ1) is 7.92. The Bertz CT molecular complexity index is 253. The van der Waals surface area contributed by atoms with Gasteiger partial charge in [-0.3, -0.25) is 0 Å². The highest BCUT2D eigenvalue weighted by molar-refractivity contribution is 5.54. The Hall–Kier alpha value is -0.590. The van der Waals surface area contributed by atoms with Crippen molar-refractivity contribution in [1.82, 2.24) is 0 Å². The molecule has 0 saturated heterocycles. The van der Waals surface area contributed by atoms with Gasteiger partial charge in [0.15, 0.2) is 0 Å². The second kappa shape index (κ2) is 6.37. The van der Waals surface area contributed by atoms with Crippen LogP contribution in [0.4, 0.5) is 0 Å². The summed E-state index contributed by atoms with van der Waals surface area (Å²) >= 11 is 0. The molecule has 0 bridgehead atoms. The van der Waals surface area contributed by atoms with Gasteiger partial charge in [0.2, 0.25) is 0 Å². The van der Waals surface area contributed by atoms with Crippen LogP contribution < -0.4 is 0 Å². The summed E-state index contributed by atoms with van der Waals surface area (Å²) in [6.07, 6.45) is 9.57. The van der Waals surface area contributed by atoms with E-state index in [1.807, 2.05) is 0 Å². The Morgan fingerprint density at radius 1 is 1.29 bits per heavy atom. The van der Waals surface area contributed by atoms with Crippen molar-refractivity contribution in [2.75, 3.05) is 0 Å². The van der Waals surface area contributed by atoms with Crippen LogP contribution in [0.5, 0.6) is 0 Å². The molecule has 17 heavy (non-hydrogen) atoms. The Balaban J connectivity index is 2.45. The molecular weight excluding hydrogens is 208 g/mol. The fraction of sp³-hybridized carbons (Fsp3) is 0.812. The minimum absolute atomic E-state index is 0.227.